The summed E-state index contributed by atoms with van der Waals surface area (Å²) < 4.78 is 18.2. The molecule has 1 amide bonds. The van der Waals surface area contributed by atoms with Crippen LogP contribution in [0.2, 0.25) is 0 Å². The Labute approximate surface area is 146 Å². The smallest absolute Gasteiger partial charge is 0.226 e. The van der Waals surface area contributed by atoms with Gasteiger partial charge in [-0.05, 0) is 44.5 Å². The van der Waals surface area contributed by atoms with Crippen molar-refractivity contribution in [3.8, 4) is 11.4 Å². The van der Waals surface area contributed by atoms with Crippen LogP contribution in [0.15, 0.2) is 28.8 Å². The van der Waals surface area contributed by atoms with E-state index in [2.05, 4.69) is 29.3 Å². The normalized spacial score (nSPS) is 20.7. The zero-order valence-corrected chi connectivity index (χ0v) is 14.5. The van der Waals surface area contributed by atoms with Crippen LogP contribution < -0.4 is 5.32 Å². The van der Waals surface area contributed by atoms with Crippen molar-refractivity contribution in [1.29, 1.82) is 0 Å². The Bertz CT molecular complexity index is 706. The average molecular weight is 346 g/mol. The van der Waals surface area contributed by atoms with Gasteiger partial charge in [-0.1, -0.05) is 5.16 Å². The number of aromatic nitrogens is 2. The van der Waals surface area contributed by atoms with Gasteiger partial charge in [0.25, 0.3) is 0 Å². The second kappa shape index (κ2) is 7.74. The molecule has 6 nitrogen and oxygen atoms in total. The highest BCUT2D eigenvalue weighted by atomic mass is 19.1. The Morgan fingerprint density at radius 3 is 2.64 bits per heavy atom. The lowest BCUT2D eigenvalue weighted by Crippen LogP contribution is -2.55. The van der Waals surface area contributed by atoms with Crippen molar-refractivity contribution in [2.45, 2.75) is 45.2 Å². The van der Waals surface area contributed by atoms with Gasteiger partial charge in [0.05, 0.1) is 0 Å². The van der Waals surface area contributed by atoms with Gasteiger partial charge in [0, 0.05) is 43.6 Å². The molecule has 1 aromatic heterocycles. The van der Waals surface area contributed by atoms with Gasteiger partial charge in [-0.3, -0.25) is 4.79 Å². The second-order valence-electron chi connectivity index (χ2n) is 6.64. The summed E-state index contributed by atoms with van der Waals surface area (Å²) in [6, 6.07) is 6.59. The Kier molecular flexibility index (Phi) is 5.43. The molecule has 0 spiro atoms. The summed E-state index contributed by atoms with van der Waals surface area (Å²) in [7, 11) is 0. The van der Waals surface area contributed by atoms with Crippen molar-refractivity contribution in [3.63, 3.8) is 0 Å². The molecule has 1 aliphatic rings. The molecule has 1 fully saturated rings. The van der Waals surface area contributed by atoms with Gasteiger partial charge in [-0.2, -0.15) is 4.98 Å². The van der Waals surface area contributed by atoms with Gasteiger partial charge in [0.2, 0.25) is 17.6 Å². The fraction of sp³-hybridized carbons (Fsp3) is 0.500. The molecular weight excluding hydrogens is 323 g/mol. The quantitative estimate of drug-likeness (QED) is 0.900. The molecule has 134 valence electrons. The first-order valence-electron chi connectivity index (χ1n) is 8.63. The minimum Gasteiger partial charge on any atom is -0.340 e. The lowest BCUT2D eigenvalue weighted by molar-refractivity contribution is -0.133. The number of aryl methyl sites for hydroxylation is 1. The summed E-state index contributed by atoms with van der Waals surface area (Å²) in [5.74, 6) is 0.793. The van der Waals surface area contributed by atoms with Crippen LogP contribution in [0, 0.1) is 5.82 Å². The van der Waals surface area contributed by atoms with Crippen molar-refractivity contribution in [1.82, 2.24) is 20.4 Å². The number of hydrogen-bond donors (Lipinski definition) is 1. The third-order valence-electron chi connectivity index (χ3n) is 4.26. The number of nitrogens with zero attached hydrogens (tertiary/aromatic N) is 3. The van der Waals surface area contributed by atoms with Gasteiger partial charge in [-0.15, -0.1) is 0 Å². The Balaban J connectivity index is 1.49. The van der Waals surface area contributed by atoms with Crippen LogP contribution in [0.1, 0.15) is 32.6 Å². The summed E-state index contributed by atoms with van der Waals surface area (Å²) >= 11 is 0. The predicted octanol–water partition coefficient (Wildman–Crippen LogP) is 2.41. The standard InChI is InChI=1S/C18H23FN4O2/c1-12-10-23(11-13(2)20-12)17(24)5-3-4-16-21-18(22-25-16)14-6-8-15(19)9-7-14/h6-9,12-13,20H,3-5,10-11H2,1-2H3/t12-,13+. The maximum atomic E-state index is 12.9. The monoisotopic (exact) mass is 346 g/mol. The minimum absolute atomic E-state index is 0.165. The Hall–Kier alpha value is -2.28. The Morgan fingerprint density at radius 1 is 1.28 bits per heavy atom. The van der Waals surface area contributed by atoms with E-state index in [-0.39, 0.29) is 11.7 Å². The van der Waals surface area contributed by atoms with Crippen LogP contribution in [0.25, 0.3) is 11.4 Å². The van der Waals surface area contributed by atoms with Gasteiger partial charge in [-0.25, -0.2) is 4.39 Å². The number of carbonyl (C=O) groups excluding carboxylic acids is 1. The van der Waals surface area contributed by atoms with Gasteiger partial charge in [0.15, 0.2) is 0 Å². The molecular formula is C18H23FN4O2. The fourth-order valence-corrected chi connectivity index (χ4v) is 3.15. The predicted molar refractivity (Wildman–Crippen MR) is 91.3 cm³/mol. The van der Waals surface area contributed by atoms with E-state index in [9.17, 15) is 9.18 Å². The lowest BCUT2D eigenvalue weighted by Gasteiger charge is -2.36. The van der Waals surface area contributed by atoms with E-state index >= 15 is 0 Å². The summed E-state index contributed by atoms with van der Waals surface area (Å²) in [6.45, 7) is 5.67. The van der Waals surface area contributed by atoms with Crippen LogP contribution in [-0.4, -0.2) is 46.1 Å². The maximum absolute atomic E-state index is 12.9. The number of nitrogens with one attached hydrogen (secondary N) is 1. The van der Waals surface area contributed by atoms with Crippen LogP contribution in [0.4, 0.5) is 4.39 Å². The van der Waals surface area contributed by atoms with E-state index in [0.717, 1.165) is 13.1 Å². The first kappa shape index (κ1) is 17.5. The first-order chi connectivity index (χ1) is 12.0. The van der Waals surface area contributed by atoms with Crippen LogP contribution in [0.5, 0.6) is 0 Å². The second-order valence-corrected chi connectivity index (χ2v) is 6.64. The molecule has 3 rings (SSSR count). The molecule has 0 unspecified atom stereocenters. The number of halogens is 1. The van der Waals surface area contributed by atoms with Crippen LogP contribution >= 0.6 is 0 Å². The molecule has 1 aliphatic heterocycles. The van der Waals surface area contributed by atoms with Crippen molar-refractivity contribution >= 4 is 5.91 Å². The lowest BCUT2D eigenvalue weighted by atomic mass is 10.1. The number of carbonyl (C=O) groups is 1. The van der Waals surface area contributed by atoms with E-state index in [1.54, 1.807) is 12.1 Å². The van der Waals surface area contributed by atoms with E-state index in [0.29, 0.717) is 48.6 Å². The summed E-state index contributed by atoms with van der Waals surface area (Å²) in [6.07, 6.45) is 1.68. The topological polar surface area (TPSA) is 71.3 Å². The molecule has 7 heteroatoms. The maximum Gasteiger partial charge on any atom is 0.226 e. The van der Waals surface area contributed by atoms with Crippen molar-refractivity contribution < 1.29 is 13.7 Å². The van der Waals surface area contributed by atoms with E-state index < -0.39 is 0 Å². The van der Waals surface area contributed by atoms with Gasteiger partial charge >= 0.3 is 0 Å². The third kappa shape index (κ3) is 4.63. The van der Waals surface area contributed by atoms with E-state index in [1.807, 2.05) is 4.90 Å². The van der Waals surface area contributed by atoms with Gasteiger partial charge < -0.3 is 14.7 Å². The highest BCUT2D eigenvalue weighted by molar-refractivity contribution is 5.76. The van der Waals surface area contributed by atoms with Crippen LogP contribution in [-0.2, 0) is 11.2 Å². The largest absolute Gasteiger partial charge is 0.340 e. The van der Waals surface area contributed by atoms with Crippen molar-refractivity contribution in [3.05, 3.63) is 36.0 Å². The molecule has 0 bridgehead atoms. The molecule has 1 N–H and O–H groups in total. The molecule has 1 aromatic carbocycles. The number of amides is 1. The average Bonchev–Trinajstić information content (AvgIpc) is 3.03. The molecule has 2 aromatic rings. The highest BCUT2D eigenvalue weighted by Crippen LogP contribution is 2.17. The molecule has 0 aliphatic carbocycles. The molecule has 2 atom stereocenters. The minimum atomic E-state index is -0.303. The number of hydrogen-bond acceptors (Lipinski definition) is 5. The zero-order chi connectivity index (χ0) is 17.8. The third-order valence-corrected chi connectivity index (χ3v) is 4.26. The fourth-order valence-electron chi connectivity index (χ4n) is 3.15. The number of benzene rings is 1. The van der Waals surface area contributed by atoms with Gasteiger partial charge in [0.1, 0.15) is 5.82 Å². The summed E-state index contributed by atoms with van der Waals surface area (Å²) in [5, 5.41) is 7.33. The van der Waals surface area contributed by atoms with Crippen LogP contribution in [0.3, 0.4) is 0 Å². The summed E-state index contributed by atoms with van der Waals surface area (Å²) in [5.41, 5.74) is 0.705. The van der Waals surface area contributed by atoms with Crippen molar-refractivity contribution in [2.24, 2.45) is 0 Å². The molecule has 0 radical (unpaired) electrons. The first-order valence-corrected chi connectivity index (χ1v) is 8.63. The zero-order valence-electron chi connectivity index (χ0n) is 14.5. The molecule has 1 saturated heterocycles. The number of piperazine rings is 1. The SMILES string of the molecule is C[C@@H]1CN(C(=O)CCCc2nc(-c3ccc(F)cc3)no2)C[C@H](C)N1. The number of rotatable bonds is 5. The van der Waals surface area contributed by atoms with E-state index in [4.69, 9.17) is 4.52 Å². The molecule has 25 heavy (non-hydrogen) atoms. The van der Waals surface area contributed by atoms with E-state index in [1.165, 1.54) is 12.1 Å². The summed E-state index contributed by atoms with van der Waals surface area (Å²) in [4.78, 5) is 18.6. The Morgan fingerprint density at radius 2 is 1.96 bits per heavy atom. The highest BCUT2D eigenvalue weighted by Gasteiger charge is 2.24. The van der Waals surface area contributed by atoms with Crippen molar-refractivity contribution in [2.75, 3.05) is 13.1 Å². The molecule has 2 heterocycles. The molecule has 0 saturated carbocycles.